The molecule has 0 amide bonds. The van der Waals surface area contributed by atoms with E-state index in [-0.39, 0.29) is 6.04 Å². The van der Waals surface area contributed by atoms with Crippen LogP contribution in [0.2, 0.25) is 0 Å². The molecule has 0 aliphatic heterocycles. The number of aromatic amines is 1. The minimum atomic E-state index is -0.0453. The standard InChI is InChI=1S/C21H18BrN3/c1-14-20(15-8-2-4-10-17(15)24-14)21(19-12-6-7-13-23-19)25-18-11-5-3-9-16(18)22/h2-13,21,24-25H,1H3/t21-/m0/s1. The molecule has 124 valence electrons. The largest absolute Gasteiger partial charge is 0.372 e. The topological polar surface area (TPSA) is 40.7 Å². The molecule has 0 bridgehead atoms. The van der Waals surface area contributed by atoms with Crippen molar-refractivity contribution in [2.45, 2.75) is 13.0 Å². The first-order valence-electron chi connectivity index (χ1n) is 8.23. The fraction of sp³-hybridized carbons (Fsp3) is 0.0952. The van der Waals surface area contributed by atoms with Crippen molar-refractivity contribution >= 4 is 32.5 Å². The van der Waals surface area contributed by atoms with Crippen LogP contribution < -0.4 is 5.32 Å². The van der Waals surface area contributed by atoms with E-state index in [9.17, 15) is 0 Å². The molecule has 4 aromatic rings. The second kappa shape index (κ2) is 6.73. The lowest BCUT2D eigenvalue weighted by atomic mass is 9.99. The van der Waals surface area contributed by atoms with Gasteiger partial charge in [0, 0.05) is 38.5 Å². The summed E-state index contributed by atoms with van der Waals surface area (Å²) < 4.78 is 1.04. The van der Waals surface area contributed by atoms with Gasteiger partial charge in [0.25, 0.3) is 0 Å². The van der Waals surface area contributed by atoms with Gasteiger partial charge in [0.1, 0.15) is 0 Å². The van der Waals surface area contributed by atoms with Crippen molar-refractivity contribution < 1.29 is 0 Å². The molecule has 4 rings (SSSR count). The van der Waals surface area contributed by atoms with E-state index in [0.717, 1.165) is 27.1 Å². The second-order valence-corrected chi connectivity index (χ2v) is 6.88. The van der Waals surface area contributed by atoms with Gasteiger partial charge < -0.3 is 10.3 Å². The molecule has 2 aromatic carbocycles. The summed E-state index contributed by atoms with van der Waals surface area (Å²) in [7, 11) is 0. The van der Waals surface area contributed by atoms with E-state index in [1.54, 1.807) is 0 Å². The van der Waals surface area contributed by atoms with Crippen LogP contribution in [0.25, 0.3) is 10.9 Å². The van der Waals surface area contributed by atoms with Crippen LogP contribution in [0.1, 0.15) is 23.0 Å². The third-order valence-corrected chi connectivity index (χ3v) is 5.08. The quantitative estimate of drug-likeness (QED) is 0.458. The maximum Gasteiger partial charge on any atom is 0.0963 e. The molecule has 0 radical (unpaired) electrons. The number of aromatic nitrogens is 2. The van der Waals surface area contributed by atoms with Crippen LogP contribution >= 0.6 is 15.9 Å². The van der Waals surface area contributed by atoms with Gasteiger partial charge in [-0.2, -0.15) is 0 Å². The smallest absolute Gasteiger partial charge is 0.0963 e. The van der Waals surface area contributed by atoms with Crippen LogP contribution in [0.15, 0.2) is 77.4 Å². The Morgan fingerprint density at radius 1 is 0.960 bits per heavy atom. The average molecular weight is 392 g/mol. The number of pyridine rings is 1. The van der Waals surface area contributed by atoms with E-state index in [1.165, 1.54) is 10.9 Å². The molecule has 0 saturated heterocycles. The van der Waals surface area contributed by atoms with Crippen molar-refractivity contribution in [3.8, 4) is 0 Å². The number of benzene rings is 2. The maximum absolute atomic E-state index is 4.62. The summed E-state index contributed by atoms with van der Waals surface area (Å²) in [6, 6.07) is 22.6. The molecule has 0 unspecified atom stereocenters. The third kappa shape index (κ3) is 3.05. The lowest BCUT2D eigenvalue weighted by Crippen LogP contribution is -2.15. The van der Waals surface area contributed by atoms with Crippen LogP contribution in [0, 0.1) is 6.92 Å². The summed E-state index contributed by atoms with van der Waals surface area (Å²) in [6.07, 6.45) is 1.84. The normalized spacial score (nSPS) is 12.2. The first-order chi connectivity index (χ1) is 12.2. The predicted molar refractivity (Wildman–Crippen MR) is 107 cm³/mol. The molecule has 0 spiro atoms. The highest BCUT2D eigenvalue weighted by atomic mass is 79.9. The van der Waals surface area contributed by atoms with E-state index in [2.05, 4.69) is 74.5 Å². The van der Waals surface area contributed by atoms with Crippen molar-refractivity contribution in [2.75, 3.05) is 5.32 Å². The second-order valence-electron chi connectivity index (χ2n) is 6.02. The van der Waals surface area contributed by atoms with Gasteiger partial charge in [-0.1, -0.05) is 36.4 Å². The molecule has 0 aliphatic carbocycles. The Kier molecular flexibility index (Phi) is 4.28. The van der Waals surface area contributed by atoms with E-state index in [0.29, 0.717) is 0 Å². The highest BCUT2D eigenvalue weighted by Gasteiger charge is 2.22. The van der Waals surface area contributed by atoms with E-state index >= 15 is 0 Å². The van der Waals surface area contributed by atoms with E-state index < -0.39 is 0 Å². The number of nitrogens with one attached hydrogen (secondary N) is 2. The van der Waals surface area contributed by atoms with E-state index in [4.69, 9.17) is 0 Å². The monoisotopic (exact) mass is 391 g/mol. The lowest BCUT2D eigenvalue weighted by Gasteiger charge is -2.21. The summed E-state index contributed by atoms with van der Waals surface area (Å²) >= 11 is 3.64. The Morgan fingerprint density at radius 3 is 2.52 bits per heavy atom. The van der Waals surface area contributed by atoms with Gasteiger partial charge in [0.05, 0.1) is 11.7 Å². The number of halogens is 1. The fourth-order valence-corrected chi connectivity index (χ4v) is 3.64. The number of hydrogen-bond acceptors (Lipinski definition) is 2. The number of fused-ring (bicyclic) bond motifs is 1. The van der Waals surface area contributed by atoms with Crippen molar-refractivity contribution in [3.05, 3.63) is 94.4 Å². The zero-order valence-corrected chi connectivity index (χ0v) is 15.4. The first kappa shape index (κ1) is 15.9. The Labute approximate surface area is 155 Å². The number of para-hydroxylation sites is 2. The number of rotatable bonds is 4. The molecule has 2 N–H and O–H groups in total. The predicted octanol–water partition coefficient (Wildman–Crippen LogP) is 5.84. The van der Waals surface area contributed by atoms with Crippen molar-refractivity contribution in [1.29, 1.82) is 0 Å². The summed E-state index contributed by atoms with van der Waals surface area (Å²) in [5.41, 5.74) is 5.56. The van der Waals surface area contributed by atoms with Gasteiger partial charge in [0.2, 0.25) is 0 Å². The minimum Gasteiger partial charge on any atom is -0.372 e. The van der Waals surface area contributed by atoms with Crippen molar-refractivity contribution in [1.82, 2.24) is 9.97 Å². The fourth-order valence-electron chi connectivity index (χ4n) is 3.24. The Hall–Kier alpha value is -2.59. The summed E-state index contributed by atoms with van der Waals surface area (Å²) in [6.45, 7) is 2.12. The Bertz CT molecular complexity index is 1010. The Balaban J connectivity index is 1.88. The van der Waals surface area contributed by atoms with Gasteiger partial charge in [-0.05, 0) is 53.2 Å². The number of aryl methyl sites for hydroxylation is 1. The van der Waals surface area contributed by atoms with Crippen LogP contribution in [0.4, 0.5) is 5.69 Å². The average Bonchev–Trinajstić information content (AvgIpc) is 2.97. The third-order valence-electron chi connectivity index (χ3n) is 4.39. The summed E-state index contributed by atoms with van der Waals surface area (Å²) in [5.74, 6) is 0. The number of nitrogens with zero attached hydrogens (tertiary/aromatic N) is 1. The van der Waals surface area contributed by atoms with Crippen LogP contribution in [-0.4, -0.2) is 9.97 Å². The molecule has 3 nitrogen and oxygen atoms in total. The van der Waals surface area contributed by atoms with Crippen molar-refractivity contribution in [2.24, 2.45) is 0 Å². The molecular formula is C21H18BrN3. The number of hydrogen-bond donors (Lipinski definition) is 2. The molecule has 25 heavy (non-hydrogen) atoms. The minimum absolute atomic E-state index is 0.0453. The first-order valence-corrected chi connectivity index (χ1v) is 9.02. The molecule has 2 aromatic heterocycles. The molecule has 2 heterocycles. The molecule has 4 heteroatoms. The van der Waals surface area contributed by atoms with Crippen LogP contribution in [0.5, 0.6) is 0 Å². The summed E-state index contributed by atoms with van der Waals surface area (Å²) in [5, 5.41) is 4.89. The van der Waals surface area contributed by atoms with Crippen LogP contribution in [-0.2, 0) is 0 Å². The molecule has 0 aliphatic rings. The van der Waals surface area contributed by atoms with Crippen LogP contribution in [0.3, 0.4) is 0 Å². The summed E-state index contributed by atoms with van der Waals surface area (Å²) in [4.78, 5) is 8.12. The van der Waals surface area contributed by atoms with Crippen molar-refractivity contribution in [3.63, 3.8) is 0 Å². The number of H-pyrrole nitrogens is 1. The lowest BCUT2D eigenvalue weighted by molar-refractivity contribution is 0.883. The van der Waals surface area contributed by atoms with Gasteiger partial charge in [-0.25, -0.2) is 0 Å². The highest BCUT2D eigenvalue weighted by molar-refractivity contribution is 9.10. The highest BCUT2D eigenvalue weighted by Crippen LogP contribution is 2.35. The van der Waals surface area contributed by atoms with Gasteiger partial charge in [-0.15, -0.1) is 0 Å². The van der Waals surface area contributed by atoms with Gasteiger partial charge >= 0.3 is 0 Å². The zero-order chi connectivity index (χ0) is 17.2. The Morgan fingerprint density at radius 2 is 1.72 bits per heavy atom. The molecular weight excluding hydrogens is 374 g/mol. The van der Waals surface area contributed by atoms with Gasteiger partial charge in [0.15, 0.2) is 0 Å². The maximum atomic E-state index is 4.62. The molecule has 0 fully saturated rings. The number of anilines is 1. The SMILES string of the molecule is Cc1[nH]c2ccccc2c1[C@@H](Nc1ccccc1Br)c1ccccn1. The zero-order valence-electron chi connectivity index (χ0n) is 13.8. The van der Waals surface area contributed by atoms with E-state index in [1.807, 2.05) is 36.5 Å². The van der Waals surface area contributed by atoms with Gasteiger partial charge in [-0.3, -0.25) is 4.98 Å². The molecule has 0 saturated carbocycles. The molecule has 1 atom stereocenters.